The van der Waals surface area contributed by atoms with Gasteiger partial charge in [0.25, 0.3) is 5.91 Å². The Kier molecular flexibility index (Phi) is 3.94. The van der Waals surface area contributed by atoms with Gasteiger partial charge in [0.05, 0.1) is 4.88 Å². The highest BCUT2D eigenvalue weighted by molar-refractivity contribution is 7.05. The molecule has 1 aromatic rings. The number of carboxylic acid groups (broad SMARTS) is 1. The lowest BCUT2D eigenvalue weighted by Gasteiger charge is -2.17. The topological polar surface area (TPSA) is 92.2 Å². The fourth-order valence-corrected chi connectivity index (χ4v) is 1.63. The van der Waals surface area contributed by atoms with E-state index in [2.05, 4.69) is 14.9 Å². The molecule has 0 saturated carbocycles. The number of aromatic nitrogens is 2. The van der Waals surface area contributed by atoms with Crippen molar-refractivity contribution < 1.29 is 14.7 Å². The molecule has 2 N–H and O–H groups in total. The first-order valence-electron chi connectivity index (χ1n) is 4.76. The van der Waals surface area contributed by atoms with E-state index >= 15 is 0 Å². The van der Waals surface area contributed by atoms with Gasteiger partial charge in [0.15, 0.2) is 5.69 Å². The fourth-order valence-electron chi connectivity index (χ4n) is 1.16. The highest BCUT2D eigenvalue weighted by Gasteiger charge is 2.25. The second-order valence-electron chi connectivity index (χ2n) is 3.71. The van der Waals surface area contributed by atoms with Crippen LogP contribution < -0.4 is 5.32 Å². The summed E-state index contributed by atoms with van der Waals surface area (Å²) in [5, 5.41) is 15.0. The Morgan fingerprint density at radius 3 is 2.44 bits per heavy atom. The molecule has 1 amide bonds. The largest absolute Gasteiger partial charge is 0.480 e. The molecule has 0 aromatic carbocycles. The molecule has 16 heavy (non-hydrogen) atoms. The molecule has 0 unspecified atom stereocenters. The third kappa shape index (κ3) is 2.75. The number of carboxylic acids is 1. The minimum Gasteiger partial charge on any atom is -0.480 e. The first-order chi connectivity index (χ1) is 7.43. The molecular weight excluding hydrogens is 230 g/mol. The van der Waals surface area contributed by atoms with E-state index in [-0.39, 0.29) is 11.6 Å². The van der Waals surface area contributed by atoms with Gasteiger partial charge in [0.1, 0.15) is 6.04 Å². The molecule has 0 fully saturated rings. The van der Waals surface area contributed by atoms with Crippen LogP contribution in [-0.4, -0.2) is 32.6 Å². The van der Waals surface area contributed by atoms with Gasteiger partial charge in [-0.25, -0.2) is 4.79 Å². The molecular formula is C9H13N3O3S. The van der Waals surface area contributed by atoms with Crippen molar-refractivity contribution in [2.24, 2.45) is 5.92 Å². The van der Waals surface area contributed by atoms with Crippen molar-refractivity contribution in [2.75, 3.05) is 0 Å². The second-order valence-corrected chi connectivity index (χ2v) is 4.67. The van der Waals surface area contributed by atoms with Crippen molar-refractivity contribution >= 4 is 23.4 Å². The summed E-state index contributed by atoms with van der Waals surface area (Å²) in [5.74, 6) is -1.73. The van der Waals surface area contributed by atoms with Crippen LogP contribution in [0.3, 0.4) is 0 Å². The Hall–Kier alpha value is -1.50. The Bertz CT molecular complexity index is 402. The molecule has 0 aliphatic carbocycles. The van der Waals surface area contributed by atoms with Gasteiger partial charge in [0.2, 0.25) is 0 Å². The van der Waals surface area contributed by atoms with Crippen LogP contribution in [0.1, 0.15) is 29.2 Å². The minimum atomic E-state index is -1.05. The Balaban J connectivity index is 2.77. The lowest BCUT2D eigenvalue weighted by atomic mass is 10.0. The van der Waals surface area contributed by atoms with Gasteiger partial charge < -0.3 is 10.4 Å². The van der Waals surface area contributed by atoms with E-state index in [1.807, 2.05) is 0 Å². The maximum absolute atomic E-state index is 11.7. The Morgan fingerprint density at radius 2 is 2.06 bits per heavy atom. The number of aryl methyl sites for hydroxylation is 1. The quantitative estimate of drug-likeness (QED) is 0.811. The smallest absolute Gasteiger partial charge is 0.326 e. The van der Waals surface area contributed by atoms with E-state index in [1.165, 1.54) is 0 Å². The van der Waals surface area contributed by atoms with Crippen molar-refractivity contribution in [2.45, 2.75) is 26.8 Å². The number of nitrogens with one attached hydrogen (secondary N) is 1. The van der Waals surface area contributed by atoms with Crippen molar-refractivity contribution in [3.05, 3.63) is 10.6 Å². The van der Waals surface area contributed by atoms with Crippen molar-refractivity contribution in [1.29, 1.82) is 0 Å². The van der Waals surface area contributed by atoms with Crippen LogP contribution in [0.5, 0.6) is 0 Å². The molecule has 0 saturated heterocycles. The fraction of sp³-hybridized carbons (Fsp3) is 0.556. The van der Waals surface area contributed by atoms with Crippen molar-refractivity contribution in [3.63, 3.8) is 0 Å². The zero-order valence-electron chi connectivity index (χ0n) is 9.22. The van der Waals surface area contributed by atoms with Gasteiger partial charge in [-0.2, -0.15) is 0 Å². The molecule has 7 heteroatoms. The van der Waals surface area contributed by atoms with Gasteiger partial charge in [0, 0.05) is 0 Å². The Labute approximate surface area is 96.8 Å². The van der Waals surface area contributed by atoms with Crippen LogP contribution in [0.25, 0.3) is 0 Å². The molecule has 88 valence electrons. The average Bonchev–Trinajstić information content (AvgIpc) is 2.59. The van der Waals surface area contributed by atoms with E-state index in [9.17, 15) is 9.59 Å². The Morgan fingerprint density at radius 1 is 1.44 bits per heavy atom. The van der Waals surface area contributed by atoms with Crippen LogP contribution in [0, 0.1) is 12.8 Å². The number of nitrogens with zero attached hydrogens (tertiary/aromatic N) is 2. The number of hydrogen-bond acceptors (Lipinski definition) is 5. The van der Waals surface area contributed by atoms with E-state index in [0.29, 0.717) is 4.88 Å². The van der Waals surface area contributed by atoms with E-state index in [0.717, 1.165) is 11.5 Å². The van der Waals surface area contributed by atoms with Crippen LogP contribution in [0.4, 0.5) is 0 Å². The van der Waals surface area contributed by atoms with Crippen LogP contribution >= 0.6 is 11.5 Å². The molecule has 1 atom stereocenters. The standard InChI is InChI=1S/C9H13N3O3S/c1-4(2)6(9(14)15)10-8(13)7-5(3)16-12-11-7/h4,6H,1-3H3,(H,10,13)(H,14,15)/t6-/m0/s1. The zero-order chi connectivity index (χ0) is 12.3. The number of carbonyl (C=O) groups excluding carboxylic acids is 1. The van der Waals surface area contributed by atoms with E-state index in [1.54, 1.807) is 20.8 Å². The van der Waals surface area contributed by atoms with Crippen LogP contribution in [0.2, 0.25) is 0 Å². The predicted molar refractivity (Wildman–Crippen MR) is 58.4 cm³/mol. The third-order valence-corrected chi connectivity index (χ3v) is 2.72. The summed E-state index contributed by atoms with van der Waals surface area (Å²) >= 11 is 1.11. The molecule has 0 spiro atoms. The van der Waals surface area contributed by atoms with Crippen molar-refractivity contribution in [3.8, 4) is 0 Å². The van der Waals surface area contributed by atoms with Gasteiger partial charge in [-0.15, -0.1) is 5.10 Å². The van der Waals surface area contributed by atoms with E-state index < -0.39 is 17.9 Å². The summed E-state index contributed by atoms with van der Waals surface area (Å²) in [6.07, 6.45) is 0. The van der Waals surface area contributed by atoms with E-state index in [4.69, 9.17) is 5.11 Å². The van der Waals surface area contributed by atoms with Crippen molar-refractivity contribution in [1.82, 2.24) is 14.9 Å². The summed E-state index contributed by atoms with van der Waals surface area (Å²) in [6, 6.07) is -0.909. The van der Waals surface area contributed by atoms with Crippen LogP contribution in [-0.2, 0) is 4.79 Å². The second kappa shape index (κ2) is 5.02. The number of amides is 1. The lowest BCUT2D eigenvalue weighted by Crippen LogP contribution is -2.44. The number of rotatable bonds is 4. The molecule has 1 aromatic heterocycles. The maximum atomic E-state index is 11.7. The summed E-state index contributed by atoms with van der Waals surface area (Å²) < 4.78 is 3.62. The molecule has 0 aliphatic heterocycles. The molecule has 0 bridgehead atoms. The highest BCUT2D eigenvalue weighted by Crippen LogP contribution is 2.09. The lowest BCUT2D eigenvalue weighted by molar-refractivity contribution is -0.140. The molecule has 0 aliphatic rings. The number of aliphatic carboxylic acids is 1. The first-order valence-corrected chi connectivity index (χ1v) is 5.53. The predicted octanol–water partition coefficient (Wildman–Crippen LogP) is 0.686. The number of hydrogen-bond donors (Lipinski definition) is 2. The average molecular weight is 243 g/mol. The monoisotopic (exact) mass is 243 g/mol. The molecule has 1 rings (SSSR count). The zero-order valence-corrected chi connectivity index (χ0v) is 10.0. The van der Waals surface area contributed by atoms with Crippen LogP contribution in [0.15, 0.2) is 0 Å². The summed E-state index contributed by atoms with van der Waals surface area (Å²) in [5.41, 5.74) is 0.192. The molecule has 1 heterocycles. The van der Waals surface area contributed by atoms with Gasteiger partial charge in [-0.1, -0.05) is 18.3 Å². The summed E-state index contributed by atoms with van der Waals surface area (Å²) in [6.45, 7) is 5.17. The van der Waals surface area contributed by atoms with Gasteiger partial charge in [-0.3, -0.25) is 4.79 Å². The first kappa shape index (κ1) is 12.6. The van der Waals surface area contributed by atoms with Gasteiger partial charge in [-0.05, 0) is 24.4 Å². The maximum Gasteiger partial charge on any atom is 0.326 e. The SMILES string of the molecule is Cc1snnc1C(=O)N[C@H](C(=O)O)C(C)C. The molecule has 6 nitrogen and oxygen atoms in total. The molecule has 0 radical (unpaired) electrons. The normalized spacial score (nSPS) is 12.5. The third-order valence-electron chi connectivity index (χ3n) is 2.09. The van der Waals surface area contributed by atoms with Gasteiger partial charge >= 0.3 is 5.97 Å². The summed E-state index contributed by atoms with van der Waals surface area (Å²) in [7, 11) is 0. The summed E-state index contributed by atoms with van der Waals surface area (Å²) in [4.78, 5) is 23.2. The number of carbonyl (C=O) groups is 2. The minimum absolute atomic E-state index is 0.187. The highest BCUT2D eigenvalue weighted by atomic mass is 32.1.